The lowest BCUT2D eigenvalue weighted by Crippen LogP contribution is -2.26. The lowest BCUT2D eigenvalue weighted by atomic mass is 10.1. The largest absolute Gasteiger partial charge is 0.494 e. The zero-order chi connectivity index (χ0) is 18.1. The van der Waals surface area contributed by atoms with Crippen molar-refractivity contribution in [3.63, 3.8) is 0 Å². The van der Waals surface area contributed by atoms with Crippen LogP contribution in [0.25, 0.3) is 0 Å². The van der Waals surface area contributed by atoms with Gasteiger partial charge in [-0.2, -0.15) is 0 Å². The van der Waals surface area contributed by atoms with E-state index in [1.165, 1.54) is 0 Å². The highest BCUT2D eigenvalue weighted by molar-refractivity contribution is 5.76. The van der Waals surface area contributed by atoms with Gasteiger partial charge in [-0.3, -0.25) is 4.79 Å². The number of methoxy groups -OCH3 is 2. The Balaban J connectivity index is 1.78. The Bertz CT molecular complexity index is 673. The van der Waals surface area contributed by atoms with Crippen molar-refractivity contribution in [2.45, 2.75) is 25.8 Å². The van der Waals surface area contributed by atoms with Crippen LogP contribution in [-0.4, -0.2) is 26.7 Å². The fourth-order valence-electron chi connectivity index (χ4n) is 2.46. The first-order valence-electron chi connectivity index (χ1n) is 8.33. The number of carbonyl (C=O) groups is 1. The molecular weight excluding hydrogens is 318 g/mol. The van der Waals surface area contributed by atoms with Gasteiger partial charge in [0.1, 0.15) is 5.75 Å². The van der Waals surface area contributed by atoms with E-state index in [9.17, 15) is 4.79 Å². The number of nitrogens with one attached hydrogen (secondary N) is 1. The van der Waals surface area contributed by atoms with Gasteiger partial charge in [-0.15, -0.1) is 0 Å². The molecule has 25 heavy (non-hydrogen) atoms. The van der Waals surface area contributed by atoms with Gasteiger partial charge < -0.3 is 19.5 Å². The SMILES string of the molecule is COc1ccc([C@H](C)NC(=O)CCCOc2ccccc2)cc1OC. The Labute approximate surface area is 148 Å². The summed E-state index contributed by atoms with van der Waals surface area (Å²) in [6.07, 6.45) is 1.09. The Kier molecular flexibility index (Phi) is 7.14. The third-order valence-corrected chi connectivity index (χ3v) is 3.85. The lowest BCUT2D eigenvalue weighted by molar-refractivity contribution is -0.121. The van der Waals surface area contributed by atoms with E-state index in [1.54, 1.807) is 14.2 Å². The summed E-state index contributed by atoms with van der Waals surface area (Å²) in [5.41, 5.74) is 0.964. The van der Waals surface area contributed by atoms with Crippen molar-refractivity contribution in [1.29, 1.82) is 0 Å². The van der Waals surface area contributed by atoms with Crippen LogP contribution in [0.4, 0.5) is 0 Å². The molecule has 0 aromatic heterocycles. The molecule has 0 aliphatic rings. The smallest absolute Gasteiger partial charge is 0.220 e. The van der Waals surface area contributed by atoms with Crippen LogP contribution in [0.5, 0.6) is 17.2 Å². The van der Waals surface area contributed by atoms with Crippen LogP contribution in [0.3, 0.4) is 0 Å². The first-order chi connectivity index (χ1) is 12.1. The average Bonchev–Trinajstić information content (AvgIpc) is 2.65. The Hall–Kier alpha value is -2.69. The molecule has 2 rings (SSSR count). The Morgan fingerprint density at radius 3 is 2.44 bits per heavy atom. The van der Waals surface area contributed by atoms with E-state index in [-0.39, 0.29) is 11.9 Å². The molecule has 0 heterocycles. The summed E-state index contributed by atoms with van der Waals surface area (Å²) in [7, 11) is 3.19. The highest BCUT2D eigenvalue weighted by Crippen LogP contribution is 2.29. The average molecular weight is 343 g/mol. The summed E-state index contributed by atoms with van der Waals surface area (Å²) in [5.74, 6) is 2.14. The highest BCUT2D eigenvalue weighted by atomic mass is 16.5. The number of benzene rings is 2. The number of amides is 1. The van der Waals surface area contributed by atoms with Gasteiger partial charge in [-0.1, -0.05) is 24.3 Å². The van der Waals surface area contributed by atoms with Crippen LogP contribution >= 0.6 is 0 Å². The van der Waals surface area contributed by atoms with E-state index < -0.39 is 0 Å². The molecule has 134 valence electrons. The van der Waals surface area contributed by atoms with Gasteiger partial charge in [0, 0.05) is 6.42 Å². The summed E-state index contributed by atoms with van der Waals surface area (Å²) in [4.78, 5) is 12.1. The summed E-state index contributed by atoms with van der Waals surface area (Å²) in [6, 6.07) is 15.1. The summed E-state index contributed by atoms with van der Waals surface area (Å²) in [6.45, 7) is 2.46. The van der Waals surface area contributed by atoms with Crippen molar-refractivity contribution in [1.82, 2.24) is 5.32 Å². The number of carbonyl (C=O) groups excluding carboxylic acids is 1. The Morgan fingerprint density at radius 1 is 1.04 bits per heavy atom. The molecule has 0 fully saturated rings. The van der Waals surface area contributed by atoms with E-state index in [0.717, 1.165) is 11.3 Å². The van der Waals surface area contributed by atoms with Crippen molar-refractivity contribution in [2.75, 3.05) is 20.8 Å². The molecule has 5 nitrogen and oxygen atoms in total. The molecule has 1 amide bonds. The van der Waals surface area contributed by atoms with Crippen LogP contribution in [0.2, 0.25) is 0 Å². The first-order valence-corrected chi connectivity index (χ1v) is 8.33. The quantitative estimate of drug-likeness (QED) is 0.705. The molecule has 5 heteroatoms. The minimum atomic E-state index is -0.109. The van der Waals surface area contributed by atoms with Gasteiger partial charge >= 0.3 is 0 Å². The second-order valence-corrected chi connectivity index (χ2v) is 5.67. The zero-order valence-electron chi connectivity index (χ0n) is 15.0. The van der Waals surface area contributed by atoms with Gasteiger partial charge in [-0.05, 0) is 43.2 Å². The van der Waals surface area contributed by atoms with E-state index in [0.29, 0.717) is 30.9 Å². The van der Waals surface area contributed by atoms with Crippen LogP contribution in [-0.2, 0) is 4.79 Å². The highest BCUT2D eigenvalue weighted by Gasteiger charge is 2.12. The molecule has 2 aromatic rings. The second kappa shape index (κ2) is 9.57. The van der Waals surface area contributed by atoms with Gasteiger partial charge in [0.25, 0.3) is 0 Å². The number of hydrogen-bond donors (Lipinski definition) is 1. The van der Waals surface area contributed by atoms with Gasteiger partial charge in [0.05, 0.1) is 26.9 Å². The standard InChI is InChI=1S/C20H25NO4/c1-15(16-11-12-18(23-2)19(14-16)24-3)21-20(22)10-7-13-25-17-8-5-4-6-9-17/h4-6,8-9,11-12,14-15H,7,10,13H2,1-3H3,(H,21,22)/t15-/m0/s1. The summed E-state index contributed by atoms with van der Waals surface area (Å²) < 4.78 is 16.1. The molecule has 0 spiro atoms. The molecule has 0 saturated carbocycles. The molecule has 0 aliphatic carbocycles. The first kappa shape index (κ1) is 18.6. The predicted molar refractivity (Wildman–Crippen MR) is 97.3 cm³/mol. The van der Waals surface area contributed by atoms with E-state index in [4.69, 9.17) is 14.2 Å². The van der Waals surface area contributed by atoms with Crippen LogP contribution in [0.15, 0.2) is 48.5 Å². The molecular formula is C20H25NO4. The van der Waals surface area contributed by atoms with Crippen molar-refractivity contribution in [2.24, 2.45) is 0 Å². The number of rotatable bonds is 9. The maximum atomic E-state index is 12.1. The van der Waals surface area contributed by atoms with Gasteiger partial charge in [-0.25, -0.2) is 0 Å². The molecule has 0 radical (unpaired) electrons. The molecule has 2 aromatic carbocycles. The van der Waals surface area contributed by atoms with E-state index >= 15 is 0 Å². The minimum Gasteiger partial charge on any atom is -0.494 e. The normalized spacial score (nSPS) is 11.5. The number of para-hydroxylation sites is 1. The van der Waals surface area contributed by atoms with Gasteiger partial charge in [0.15, 0.2) is 11.5 Å². The fraction of sp³-hybridized carbons (Fsp3) is 0.350. The van der Waals surface area contributed by atoms with Crippen molar-refractivity contribution >= 4 is 5.91 Å². The molecule has 0 saturated heterocycles. The minimum absolute atomic E-state index is 0.000975. The van der Waals surface area contributed by atoms with Gasteiger partial charge in [0.2, 0.25) is 5.91 Å². The molecule has 1 N–H and O–H groups in total. The molecule has 0 unspecified atom stereocenters. The van der Waals surface area contributed by atoms with Crippen LogP contribution in [0, 0.1) is 0 Å². The van der Waals surface area contributed by atoms with Crippen molar-refractivity contribution in [3.8, 4) is 17.2 Å². The maximum Gasteiger partial charge on any atom is 0.220 e. The lowest BCUT2D eigenvalue weighted by Gasteiger charge is -2.16. The summed E-state index contributed by atoms with van der Waals surface area (Å²) in [5, 5.41) is 2.99. The predicted octanol–water partition coefficient (Wildman–Crippen LogP) is 3.74. The monoisotopic (exact) mass is 343 g/mol. The zero-order valence-corrected chi connectivity index (χ0v) is 15.0. The third-order valence-electron chi connectivity index (χ3n) is 3.85. The molecule has 0 bridgehead atoms. The van der Waals surface area contributed by atoms with E-state index in [1.807, 2.05) is 55.5 Å². The van der Waals surface area contributed by atoms with Crippen LogP contribution < -0.4 is 19.5 Å². The third kappa shape index (κ3) is 5.71. The molecule has 0 aliphatic heterocycles. The number of hydrogen-bond acceptors (Lipinski definition) is 4. The van der Waals surface area contributed by atoms with Crippen molar-refractivity contribution < 1.29 is 19.0 Å². The Morgan fingerprint density at radius 2 is 1.76 bits per heavy atom. The second-order valence-electron chi connectivity index (χ2n) is 5.67. The number of ether oxygens (including phenoxy) is 3. The van der Waals surface area contributed by atoms with Crippen molar-refractivity contribution in [3.05, 3.63) is 54.1 Å². The van der Waals surface area contributed by atoms with E-state index in [2.05, 4.69) is 5.32 Å². The fourth-order valence-corrected chi connectivity index (χ4v) is 2.46. The van der Waals surface area contributed by atoms with Crippen LogP contribution in [0.1, 0.15) is 31.4 Å². The maximum absolute atomic E-state index is 12.1. The topological polar surface area (TPSA) is 56.8 Å². The summed E-state index contributed by atoms with van der Waals surface area (Å²) >= 11 is 0. The molecule has 1 atom stereocenters.